The number of nitrogens with one attached hydrogen (secondary N) is 1. The van der Waals surface area contributed by atoms with Gasteiger partial charge in [-0.15, -0.1) is 0 Å². The average molecular weight is 196 g/mol. The van der Waals surface area contributed by atoms with E-state index in [4.69, 9.17) is 10.5 Å². The fourth-order valence-corrected chi connectivity index (χ4v) is 1.29. The molecule has 14 heavy (non-hydrogen) atoms. The van der Waals surface area contributed by atoms with E-state index >= 15 is 0 Å². The van der Waals surface area contributed by atoms with Gasteiger partial charge in [0.2, 0.25) is 5.95 Å². The van der Waals surface area contributed by atoms with Crippen LogP contribution in [0.2, 0.25) is 0 Å². The van der Waals surface area contributed by atoms with Crippen LogP contribution >= 0.6 is 0 Å². The Morgan fingerprint density at radius 3 is 3.07 bits per heavy atom. The van der Waals surface area contributed by atoms with Crippen molar-refractivity contribution in [3.63, 3.8) is 0 Å². The van der Waals surface area contributed by atoms with Crippen LogP contribution in [0.15, 0.2) is 12.3 Å². The number of rotatable bonds is 2. The van der Waals surface area contributed by atoms with Gasteiger partial charge in [-0.3, -0.25) is 0 Å². The van der Waals surface area contributed by atoms with E-state index in [-0.39, 0.29) is 6.04 Å². The Balaban J connectivity index is 2.03. The second-order valence-corrected chi connectivity index (χ2v) is 3.16. The SMILES string of the molecule is Nc1ccnc(N[C@@H]2COC[C@H]2O)n1. The highest BCUT2D eigenvalue weighted by atomic mass is 16.5. The first-order chi connectivity index (χ1) is 6.75. The van der Waals surface area contributed by atoms with Crippen molar-refractivity contribution in [3.8, 4) is 0 Å². The Hall–Kier alpha value is -1.40. The molecule has 1 fully saturated rings. The molecule has 6 nitrogen and oxygen atoms in total. The molecule has 1 aliphatic rings. The van der Waals surface area contributed by atoms with Crippen molar-refractivity contribution < 1.29 is 9.84 Å². The van der Waals surface area contributed by atoms with Gasteiger partial charge in [-0.25, -0.2) is 4.98 Å². The zero-order valence-corrected chi connectivity index (χ0v) is 7.55. The summed E-state index contributed by atoms with van der Waals surface area (Å²) in [6.45, 7) is 0.805. The van der Waals surface area contributed by atoms with E-state index in [1.165, 1.54) is 0 Å². The fraction of sp³-hybridized carbons (Fsp3) is 0.500. The number of aliphatic hydroxyl groups is 1. The number of aliphatic hydroxyl groups excluding tert-OH is 1. The Bertz CT molecular complexity index is 320. The standard InChI is InChI=1S/C8H12N4O2/c9-7-1-2-10-8(12-7)11-5-3-14-4-6(5)13/h1-2,5-6,13H,3-4H2,(H3,9,10,11,12)/t5-,6-/m1/s1. The lowest BCUT2D eigenvalue weighted by molar-refractivity contribution is 0.125. The average Bonchev–Trinajstić information content (AvgIpc) is 2.52. The van der Waals surface area contributed by atoms with Crippen molar-refractivity contribution >= 4 is 11.8 Å². The number of aromatic nitrogens is 2. The van der Waals surface area contributed by atoms with E-state index in [9.17, 15) is 5.11 Å². The first kappa shape index (κ1) is 9.17. The molecule has 0 spiro atoms. The molecular formula is C8H12N4O2. The maximum absolute atomic E-state index is 9.45. The molecule has 0 aromatic carbocycles. The summed E-state index contributed by atoms with van der Waals surface area (Å²) in [7, 11) is 0. The summed E-state index contributed by atoms with van der Waals surface area (Å²) in [5.74, 6) is 0.815. The predicted octanol–water partition coefficient (Wildman–Crippen LogP) is -0.770. The summed E-state index contributed by atoms with van der Waals surface area (Å²) >= 11 is 0. The van der Waals surface area contributed by atoms with Crippen molar-refractivity contribution in [2.45, 2.75) is 12.1 Å². The number of hydrogen-bond acceptors (Lipinski definition) is 6. The van der Waals surface area contributed by atoms with Gasteiger partial charge < -0.3 is 20.9 Å². The van der Waals surface area contributed by atoms with E-state index in [0.717, 1.165) is 0 Å². The lowest BCUT2D eigenvalue weighted by Gasteiger charge is -2.13. The Morgan fingerprint density at radius 2 is 2.43 bits per heavy atom. The maximum Gasteiger partial charge on any atom is 0.224 e. The minimum Gasteiger partial charge on any atom is -0.388 e. The van der Waals surface area contributed by atoms with E-state index in [1.807, 2.05) is 0 Å². The number of nitrogens with two attached hydrogens (primary N) is 1. The molecule has 4 N–H and O–H groups in total. The summed E-state index contributed by atoms with van der Waals surface area (Å²) in [5, 5.41) is 12.4. The summed E-state index contributed by atoms with van der Waals surface area (Å²) < 4.78 is 5.07. The molecule has 0 unspecified atom stereocenters. The third-order valence-corrected chi connectivity index (χ3v) is 2.04. The van der Waals surface area contributed by atoms with Gasteiger partial charge in [0.1, 0.15) is 5.82 Å². The monoisotopic (exact) mass is 196 g/mol. The Kier molecular flexibility index (Phi) is 2.47. The minimum absolute atomic E-state index is 0.156. The number of ether oxygens (including phenoxy) is 1. The van der Waals surface area contributed by atoms with Gasteiger partial charge in [0.25, 0.3) is 0 Å². The number of anilines is 2. The van der Waals surface area contributed by atoms with E-state index in [0.29, 0.717) is 25.0 Å². The maximum atomic E-state index is 9.45. The smallest absolute Gasteiger partial charge is 0.224 e. The van der Waals surface area contributed by atoms with E-state index in [2.05, 4.69) is 15.3 Å². The lowest BCUT2D eigenvalue weighted by Crippen LogP contribution is -2.32. The molecule has 2 rings (SSSR count). The van der Waals surface area contributed by atoms with Gasteiger partial charge in [0, 0.05) is 6.20 Å². The number of hydrogen-bond donors (Lipinski definition) is 3. The topological polar surface area (TPSA) is 93.3 Å². The van der Waals surface area contributed by atoms with Crippen LogP contribution in [0.4, 0.5) is 11.8 Å². The van der Waals surface area contributed by atoms with Crippen molar-refractivity contribution in [1.82, 2.24) is 9.97 Å². The quantitative estimate of drug-likeness (QED) is 0.575. The molecule has 0 aliphatic carbocycles. The molecule has 0 radical (unpaired) electrons. The van der Waals surface area contributed by atoms with Crippen LogP contribution < -0.4 is 11.1 Å². The summed E-state index contributed by atoms with van der Waals surface area (Å²) in [6.07, 6.45) is 1.05. The highest BCUT2D eigenvalue weighted by Gasteiger charge is 2.26. The highest BCUT2D eigenvalue weighted by Crippen LogP contribution is 2.10. The minimum atomic E-state index is -0.514. The molecule has 0 saturated carbocycles. The molecule has 2 atom stereocenters. The van der Waals surface area contributed by atoms with Crippen LogP contribution in [-0.2, 0) is 4.74 Å². The molecular weight excluding hydrogens is 184 g/mol. The van der Waals surface area contributed by atoms with E-state index in [1.54, 1.807) is 12.3 Å². The van der Waals surface area contributed by atoms with Crippen molar-refractivity contribution in [3.05, 3.63) is 12.3 Å². The molecule has 0 amide bonds. The summed E-state index contributed by atoms with van der Waals surface area (Å²) in [6, 6.07) is 1.45. The van der Waals surface area contributed by atoms with Crippen LogP contribution in [0.5, 0.6) is 0 Å². The van der Waals surface area contributed by atoms with Crippen molar-refractivity contribution in [2.75, 3.05) is 24.3 Å². The highest BCUT2D eigenvalue weighted by molar-refractivity contribution is 5.36. The van der Waals surface area contributed by atoms with Crippen LogP contribution in [0.1, 0.15) is 0 Å². The molecule has 2 heterocycles. The Labute approximate surface area is 81.1 Å². The van der Waals surface area contributed by atoms with Crippen molar-refractivity contribution in [1.29, 1.82) is 0 Å². The third kappa shape index (κ3) is 1.91. The molecule has 1 saturated heterocycles. The second kappa shape index (κ2) is 3.77. The van der Waals surface area contributed by atoms with Crippen molar-refractivity contribution in [2.24, 2.45) is 0 Å². The molecule has 1 aromatic rings. The molecule has 6 heteroatoms. The Morgan fingerprint density at radius 1 is 1.57 bits per heavy atom. The number of nitrogens with zero attached hydrogens (tertiary/aromatic N) is 2. The van der Waals surface area contributed by atoms with Gasteiger partial charge in [-0.2, -0.15) is 4.98 Å². The summed E-state index contributed by atoms with van der Waals surface area (Å²) in [4.78, 5) is 7.93. The van der Waals surface area contributed by atoms with Gasteiger partial charge in [0.05, 0.1) is 25.4 Å². The molecule has 1 aliphatic heterocycles. The van der Waals surface area contributed by atoms with Gasteiger partial charge in [-0.05, 0) is 6.07 Å². The predicted molar refractivity (Wildman–Crippen MR) is 50.7 cm³/mol. The summed E-state index contributed by atoms with van der Waals surface area (Å²) in [5.41, 5.74) is 5.48. The molecule has 0 bridgehead atoms. The van der Waals surface area contributed by atoms with Crippen LogP contribution in [-0.4, -0.2) is 40.4 Å². The largest absolute Gasteiger partial charge is 0.388 e. The fourth-order valence-electron chi connectivity index (χ4n) is 1.29. The van der Waals surface area contributed by atoms with Gasteiger partial charge in [0.15, 0.2) is 0 Å². The normalized spacial score (nSPS) is 26.4. The third-order valence-electron chi connectivity index (χ3n) is 2.04. The zero-order chi connectivity index (χ0) is 9.97. The van der Waals surface area contributed by atoms with Gasteiger partial charge >= 0.3 is 0 Å². The zero-order valence-electron chi connectivity index (χ0n) is 7.55. The van der Waals surface area contributed by atoms with Gasteiger partial charge in [-0.1, -0.05) is 0 Å². The first-order valence-electron chi connectivity index (χ1n) is 4.36. The number of nitrogen functional groups attached to an aromatic ring is 1. The molecule has 1 aromatic heterocycles. The van der Waals surface area contributed by atoms with Crippen LogP contribution in [0.3, 0.4) is 0 Å². The van der Waals surface area contributed by atoms with Crippen LogP contribution in [0.25, 0.3) is 0 Å². The van der Waals surface area contributed by atoms with Crippen LogP contribution in [0, 0.1) is 0 Å². The van der Waals surface area contributed by atoms with E-state index < -0.39 is 6.10 Å². The molecule has 76 valence electrons. The lowest BCUT2D eigenvalue weighted by atomic mass is 10.2. The second-order valence-electron chi connectivity index (χ2n) is 3.16. The first-order valence-corrected chi connectivity index (χ1v) is 4.36.